The second-order valence-electron chi connectivity index (χ2n) is 4.92. The largest absolute Gasteiger partial charge is 0.460 e. The Hall–Kier alpha value is -2.80. The van der Waals surface area contributed by atoms with E-state index in [0.29, 0.717) is 0 Å². The molecule has 0 radical (unpaired) electrons. The van der Waals surface area contributed by atoms with Gasteiger partial charge in [0.15, 0.2) is 8.93 Å². The topological polar surface area (TPSA) is 95.7 Å². The van der Waals surface area contributed by atoms with Crippen molar-refractivity contribution < 1.29 is 37.3 Å². The van der Waals surface area contributed by atoms with Crippen LogP contribution >= 0.6 is 0 Å². The maximum Gasteiger partial charge on any atom is 0.313 e. The minimum atomic E-state index is -4.95. The summed E-state index contributed by atoms with van der Waals surface area (Å²) in [4.78, 5) is 13.0. The molecular formula is C18H17NO5S. The molecular weight excluding hydrogens is 342 g/mol. The number of benzene rings is 2. The summed E-state index contributed by atoms with van der Waals surface area (Å²) < 4.78 is 121. The fourth-order valence-electron chi connectivity index (χ4n) is 1.91. The first-order valence-corrected chi connectivity index (χ1v) is 8.37. The molecule has 0 saturated heterocycles. The average Bonchev–Trinajstić information content (AvgIpc) is 3.12. The van der Waals surface area contributed by atoms with Gasteiger partial charge in [-0.1, -0.05) is 59.9 Å². The Balaban J connectivity index is 2.04. The quantitative estimate of drug-likeness (QED) is 0.784. The van der Waals surface area contributed by atoms with Crippen molar-refractivity contribution in [2.45, 2.75) is 18.8 Å². The zero-order valence-corrected chi connectivity index (χ0v) is 13.5. The summed E-state index contributed by atoms with van der Waals surface area (Å²) in [5, 5.41) is 0. The SMILES string of the molecule is [2H]c1c([2H])c([2H])c(CS(=O)(=O)OC2=C(N([2H])[2H])OC(c3c([2H])c([2H])c(C)c([2H])c3[2H])C2=O)c([2H])c1[2H]. The molecule has 0 amide bonds. The first-order chi connectivity index (χ1) is 16.5. The average molecular weight is 370 g/mol. The molecule has 2 aromatic carbocycles. The van der Waals surface area contributed by atoms with E-state index in [1.165, 1.54) is 6.92 Å². The third-order valence-corrected chi connectivity index (χ3v) is 4.06. The van der Waals surface area contributed by atoms with Gasteiger partial charge in [0.05, 0.1) is 12.3 Å². The fraction of sp³-hybridized carbons (Fsp3) is 0.167. The summed E-state index contributed by atoms with van der Waals surface area (Å²) in [5.41, 5.74) is -1.54. The summed E-state index contributed by atoms with van der Waals surface area (Å²) in [7, 11) is -4.95. The number of carbonyl (C=O) groups is 1. The van der Waals surface area contributed by atoms with Crippen LogP contribution in [0.1, 0.15) is 35.1 Å². The number of ketones is 1. The second-order valence-corrected chi connectivity index (χ2v) is 6.49. The smallest absolute Gasteiger partial charge is 0.313 e. The zero-order chi connectivity index (χ0) is 27.4. The highest BCUT2D eigenvalue weighted by Crippen LogP contribution is 2.32. The lowest BCUT2D eigenvalue weighted by molar-refractivity contribution is -0.123. The number of rotatable bonds is 6. The van der Waals surface area contributed by atoms with E-state index >= 15 is 0 Å². The predicted octanol–water partition coefficient (Wildman–Crippen LogP) is 2.31. The molecule has 25 heavy (non-hydrogen) atoms. The van der Waals surface area contributed by atoms with Crippen molar-refractivity contribution in [1.29, 1.82) is 0 Å². The van der Waals surface area contributed by atoms with Gasteiger partial charge in [-0.15, -0.1) is 0 Å². The van der Waals surface area contributed by atoms with Crippen LogP contribution in [-0.4, -0.2) is 14.2 Å². The molecule has 0 spiro atoms. The zero-order valence-electron chi connectivity index (χ0n) is 23.7. The lowest BCUT2D eigenvalue weighted by atomic mass is 10.0. The molecule has 3 rings (SSSR count). The Labute approximate surface area is 161 Å². The molecule has 1 aliphatic heterocycles. The van der Waals surface area contributed by atoms with Gasteiger partial charge in [0.1, 0.15) is 5.75 Å². The van der Waals surface area contributed by atoms with Gasteiger partial charge < -0.3 is 14.6 Å². The van der Waals surface area contributed by atoms with Crippen LogP contribution in [0.25, 0.3) is 0 Å². The summed E-state index contributed by atoms with van der Waals surface area (Å²) >= 11 is 0. The minimum absolute atomic E-state index is 0.0207. The summed E-state index contributed by atoms with van der Waals surface area (Å²) in [6.07, 6.45) is -1.97. The third-order valence-electron chi connectivity index (χ3n) is 3.00. The van der Waals surface area contributed by atoms with Gasteiger partial charge >= 0.3 is 10.1 Å². The maximum absolute atomic E-state index is 13.0. The van der Waals surface area contributed by atoms with E-state index in [1.807, 2.05) is 0 Å². The fourth-order valence-corrected chi connectivity index (χ4v) is 2.87. The molecule has 1 atom stereocenters. The van der Waals surface area contributed by atoms with Crippen molar-refractivity contribution in [2.75, 3.05) is 0 Å². The van der Waals surface area contributed by atoms with Crippen LogP contribution in [0.4, 0.5) is 0 Å². The molecule has 0 saturated carbocycles. The van der Waals surface area contributed by atoms with Crippen molar-refractivity contribution in [3.63, 3.8) is 0 Å². The molecule has 2 N–H and O–H groups in total. The van der Waals surface area contributed by atoms with E-state index in [1.54, 1.807) is 0 Å². The highest BCUT2D eigenvalue weighted by atomic mass is 32.2. The number of Topliss-reactive ketones (excluding diaryl/α,β-unsaturated/α-hetero) is 1. The first kappa shape index (κ1) is 8.05. The van der Waals surface area contributed by atoms with E-state index in [2.05, 4.69) is 0 Å². The molecule has 7 heteroatoms. The molecule has 130 valence electrons. The highest BCUT2D eigenvalue weighted by molar-refractivity contribution is 7.86. The molecule has 0 fully saturated rings. The first-order valence-electron chi connectivity index (χ1n) is 12.2. The molecule has 6 nitrogen and oxygen atoms in total. The minimum Gasteiger partial charge on any atom is -0.460 e. The Morgan fingerprint density at radius 1 is 1.20 bits per heavy atom. The van der Waals surface area contributed by atoms with Gasteiger partial charge in [0.25, 0.3) is 0 Å². The Bertz CT molecular complexity index is 1380. The van der Waals surface area contributed by atoms with E-state index < -0.39 is 105 Å². The summed E-state index contributed by atoms with van der Waals surface area (Å²) in [6.45, 7) is 1.32. The van der Waals surface area contributed by atoms with E-state index in [9.17, 15) is 13.2 Å². The Kier molecular flexibility index (Phi) is 2.13. The molecule has 2 aromatic rings. The molecule has 1 heterocycles. The highest BCUT2D eigenvalue weighted by Gasteiger charge is 2.39. The molecule has 1 aliphatic rings. The van der Waals surface area contributed by atoms with Crippen LogP contribution in [0.2, 0.25) is 2.82 Å². The van der Waals surface area contributed by atoms with Crippen LogP contribution in [0, 0.1) is 6.92 Å². The summed E-state index contributed by atoms with van der Waals surface area (Å²) in [5.74, 6) is -4.83. The van der Waals surface area contributed by atoms with E-state index in [4.69, 9.17) is 24.1 Å². The number of nitrogens with two attached hydrogens (primary N) is 1. The molecule has 0 bridgehead atoms. The van der Waals surface area contributed by atoms with Crippen LogP contribution in [0.3, 0.4) is 0 Å². The van der Waals surface area contributed by atoms with E-state index in [0.717, 1.165) is 0 Å². The van der Waals surface area contributed by atoms with Crippen molar-refractivity contribution in [1.82, 2.24) is 0 Å². The standard InChI is InChI=1S/C18H17NO5S/c1-12-7-9-14(10-8-12)16-15(20)17(18(19)23-16)24-25(21,22)11-13-5-3-2-4-6-13/h2-10,16H,11,19H2,1H3/i2D,3D,4D,5D,6D,7D,8D,9D,10D/hD2. The van der Waals surface area contributed by atoms with E-state index in [-0.39, 0.29) is 11.3 Å². The van der Waals surface area contributed by atoms with Crippen molar-refractivity contribution in [2.24, 2.45) is 5.72 Å². The maximum atomic E-state index is 13.0. The van der Waals surface area contributed by atoms with Crippen molar-refractivity contribution >= 4 is 15.9 Å². The number of hydrogen-bond acceptors (Lipinski definition) is 6. The number of ether oxygens (including phenoxy) is 1. The van der Waals surface area contributed by atoms with Crippen molar-refractivity contribution in [3.05, 3.63) is 82.7 Å². The lowest BCUT2D eigenvalue weighted by Gasteiger charge is -2.10. The van der Waals surface area contributed by atoms with Gasteiger partial charge in [-0.3, -0.25) is 4.79 Å². The van der Waals surface area contributed by atoms with Crippen LogP contribution in [0.5, 0.6) is 0 Å². The van der Waals surface area contributed by atoms with Gasteiger partial charge in [0, 0.05) is 5.56 Å². The van der Waals surface area contributed by atoms with Gasteiger partial charge in [-0.2, -0.15) is 8.42 Å². The molecule has 1 unspecified atom stereocenters. The molecule has 0 aromatic heterocycles. The second kappa shape index (κ2) is 6.60. The van der Waals surface area contributed by atoms with Crippen LogP contribution in [-0.2, 0) is 29.6 Å². The van der Waals surface area contributed by atoms with Crippen LogP contribution < -0.4 is 5.72 Å². The predicted molar refractivity (Wildman–Crippen MR) is 91.4 cm³/mol. The molecule has 0 aliphatic carbocycles. The summed E-state index contributed by atoms with van der Waals surface area (Å²) in [6, 6.07) is -6.27. The van der Waals surface area contributed by atoms with Crippen molar-refractivity contribution in [3.8, 4) is 0 Å². The Morgan fingerprint density at radius 2 is 1.88 bits per heavy atom. The van der Waals surface area contributed by atoms with Gasteiger partial charge in [0.2, 0.25) is 17.4 Å². The Morgan fingerprint density at radius 3 is 2.52 bits per heavy atom. The van der Waals surface area contributed by atoms with Crippen LogP contribution in [0.15, 0.2) is 66.0 Å². The monoisotopic (exact) mass is 370 g/mol. The lowest BCUT2D eigenvalue weighted by Crippen LogP contribution is -2.16. The number of hydrogen-bond donors (Lipinski definition) is 1. The third kappa shape index (κ3) is 3.83. The van der Waals surface area contributed by atoms with Gasteiger partial charge in [-0.05, 0) is 12.5 Å². The van der Waals surface area contributed by atoms with Gasteiger partial charge in [-0.25, -0.2) is 0 Å². The number of carbonyl (C=O) groups excluding carboxylic acids is 1. The normalized spacial score (nSPS) is 23.5.